The first kappa shape index (κ1) is 73.5. The van der Waals surface area contributed by atoms with Gasteiger partial charge in [0.25, 0.3) is 0 Å². The highest BCUT2D eigenvalue weighted by molar-refractivity contribution is 6.31. The number of ketones is 3. The molecule has 4 aromatic carbocycles. The summed E-state index contributed by atoms with van der Waals surface area (Å²) in [5.41, 5.74) is -3.48. The fourth-order valence-electron chi connectivity index (χ4n) is 12.9. The van der Waals surface area contributed by atoms with Gasteiger partial charge in [-0.3, -0.25) is 52.7 Å². The summed E-state index contributed by atoms with van der Waals surface area (Å²) in [5, 5.41) is 93.0. The minimum Gasteiger partial charge on any atom is -0.508 e. The lowest BCUT2D eigenvalue weighted by atomic mass is 9.72. The second-order valence-electron chi connectivity index (χ2n) is 25.9. The zero-order valence-corrected chi connectivity index (χ0v) is 54.8. The molecule has 0 bridgehead atoms. The third-order valence-corrected chi connectivity index (χ3v) is 17.8. The summed E-state index contributed by atoms with van der Waals surface area (Å²) >= 11 is 0. The van der Waals surface area contributed by atoms with Crippen molar-refractivity contribution >= 4 is 64.7 Å². The molecule has 522 valence electrons. The van der Waals surface area contributed by atoms with Crippen molar-refractivity contribution in [1.29, 1.82) is 0 Å². The summed E-state index contributed by atoms with van der Waals surface area (Å²) in [5.74, 6) is -11.5. The van der Waals surface area contributed by atoms with Crippen LogP contribution >= 0.6 is 0 Å². The van der Waals surface area contributed by atoms with Crippen molar-refractivity contribution in [1.82, 2.24) is 36.8 Å². The second kappa shape index (κ2) is 32.1. The molecule has 11 atom stereocenters. The van der Waals surface area contributed by atoms with Crippen LogP contribution in [0.3, 0.4) is 0 Å². The van der Waals surface area contributed by atoms with Crippen LogP contribution in [0.25, 0.3) is 0 Å². The highest BCUT2D eigenvalue weighted by atomic mass is 16.7. The Hall–Kier alpha value is -9.35. The van der Waals surface area contributed by atoms with Crippen molar-refractivity contribution in [3.05, 3.63) is 117 Å². The minimum absolute atomic E-state index is 0.00652. The standard InChI is InChI=1S/C69H85N7O21/c1-34(2)26-44(75-68(93)47-15-11-25-76(47)52(81)23-24-53(82)83)64(89)70-32-51(80)71-42(22-19-37-12-8-7-9-13-37)65(90)74-46(28-38-17-20-39(78)21-18-38)67(92)73-45(27-35(3)4)66(91)72-43-29-54(96-36(5)59(43)84)97-49-31-69(94,50(79)33-77)30-41-56(49)63(88)58-57(61(41)86)60(85)40-14-10-16-48(95-6)55(40)62(58)87/h7-10,12-14,16-18,20-21,34-36,42-47,49,54,59,77-78,84,86,88,94H,11,15,19,22-33H2,1-6H3,(H,70,89)(H,71,80)(H,72,91)(H,73,92)(H,74,90)(H,75,93)(H,82,83)/t36-,42-,43-,44-,45-,46-,47-,49-,54-,59+,69-/m0/s1. The number of aromatic hydroxyl groups is 3. The van der Waals surface area contributed by atoms with Crippen molar-refractivity contribution in [2.24, 2.45) is 11.8 Å². The van der Waals surface area contributed by atoms with Gasteiger partial charge in [-0.15, -0.1) is 0 Å². The average Bonchev–Trinajstić information content (AvgIpc) is 0.986. The number of hydrogen-bond donors (Lipinski definition) is 13. The molecule has 28 nitrogen and oxygen atoms in total. The van der Waals surface area contributed by atoms with E-state index in [1.165, 1.54) is 61.4 Å². The molecule has 97 heavy (non-hydrogen) atoms. The first-order valence-corrected chi connectivity index (χ1v) is 32.4. The normalized spacial score (nSPS) is 21.6. The number of amides is 7. The molecule has 13 N–H and O–H groups in total. The van der Waals surface area contributed by atoms with Gasteiger partial charge in [0.2, 0.25) is 47.1 Å². The zero-order valence-electron chi connectivity index (χ0n) is 54.8. The van der Waals surface area contributed by atoms with Gasteiger partial charge in [0.15, 0.2) is 17.9 Å². The van der Waals surface area contributed by atoms with Crippen molar-refractivity contribution in [3.63, 3.8) is 0 Å². The number of aliphatic carboxylic acids is 1. The quantitative estimate of drug-likeness (QED) is 0.0303. The summed E-state index contributed by atoms with van der Waals surface area (Å²) in [6, 6.07) is 11.3. The van der Waals surface area contributed by atoms with Crippen LogP contribution < -0.4 is 36.6 Å². The number of carbonyl (C=O) groups excluding carboxylic acids is 10. The Bertz CT molecular complexity index is 3640. The second-order valence-corrected chi connectivity index (χ2v) is 25.9. The summed E-state index contributed by atoms with van der Waals surface area (Å²) in [4.78, 5) is 153. The number of nitrogens with one attached hydrogen (secondary N) is 6. The summed E-state index contributed by atoms with van der Waals surface area (Å²) in [7, 11) is 1.27. The predicted octanol–water partition coefficient (Wildman–Crippen LogP) is 1.74. The van der Waals surface area contributed by atoms with E-state index in [-0.39, 0.29) is 103 Å². The molecule has 0 saturated carbocycles. The van der Waals surface area contributed by atoms with E-state index in [2.05, 4.69) is 31.9 Å². The number of carboxylic acids is 1. The van der Waals surface area contributed by atoms with E-state index >= 15 is 0 Å². The molecular formula is C69H85N7O21. The fourth-order valence-corrected chi connectivity index (χ4v) is 12.9. The Morgan fingerprint density at radius 3 is 2.03 bits per heavy atom. The smallest absolute Gasteiger partial charge is 0.303 e. The highest BCUT2D eigenvalue weighted by Gasteiger charge is 2.51. The first-order valence-electron chi connectivity index (χ1n) is 32.4. The van der Waals surface area contributed by atoms with Crippen LogP contribution in [-0.4, -0.2) is 192 Å². The van der Waals surface area contributed by atoms with Crippen LogP contribution in [0.4, 0.5) is 0 Å². The molecule has 28 heteroatoms. The molecule has 2 saturated heterocycles. The zero-order chi connectivity index (χ0) is 70.7. The van der Waals surface area contributed by atoms with E-state index < -0.39 is 186 Å². The van der Waals surface area contributed by atoms with Gasteiger partial charge in [0, 0.05) is 55.3 Å². The van der Waals surface area contributed by atoms with E-state index in [1.807, 2.05) is 13.8 Å². The Morgan fingerprint density at radius 1 is 0.732 bits per heavy atom. The monoisotopic (exact) mass is 1350 g/mol. The molecule has 0 unspecified atom stereocenters. The van der Waals surface area contributed by atoms with Gasteiger partial charge in [0.05, 0.1) is 55.0 Å². The third kappa shape index (κ3) is 17.6. The Kier molecular flexibility index (Phi) is 24.3. The van der Waals surface area contributed by atoms with Crippen LogP contribution in [0.15, 0.2) is 72.8 Å². The lowest BCUT2D eigenvalue weighted by molar-refractivity contribution is -0.249. The average molecular weight is 1350 g/mol. The molecule has 0 radical (unpaired) electrons. The topological polar surface area (TPSA) is 432 Å². The highest BCUT2D eigenvalue weighted by Crippen LogP contribution is 2.53. The van der Waals surface area contributed by atoms with Gasteiger partial charge < -0.3 is 86.8 Å². The number of methoxy groups -OCH3 is 1. The number of nitrogens with zero attached hydrogens (tertiary/aromatic N) is 1. The number of ether oxygens (including phenoxy) is 3. The number of carboxylic acid groups (broad SMARTS) is 1. The molecule has 7 amide bonds. The molecular weight excluding hydrogens is 1260 g/mol. The maximum absolute atomic E-state index is 14.8. The molecule has 2 aliphatic carbocycles. The lowest BCUT2D eigenvalue weighted by Crippen LogP contribution is -2.61. The number of phenols is 3. The molecule has 4 aliphatic rings. The van der Waals surface area contributed by atoms with Gasteiger partial charge in [-0.05, 0) is 86.6 Å². The van der Waals surface area contributed by atoms with Gasteiger partial charge in [-0.25, -0.2) is 0 Å². The van der Waals surface area contributed by atoms with E-state index in [4.69, 9.17) is 19.3 Å². The molecule has 4 aromatic rings. The largest absolute Gasteiger partial charge is 0.508 e. The number of phenolic OH excluding ortho intramolecular Hbond substituents is 3. The number of likely N-dealkylation sites (tertiary alicyclic amines) is 1. The number of aliphatic hydroxyl groups excluding tert-OH is 2. The Labute approximate surface area is 559 Å². The summed E-state index contributed by atoms with van der Waals surface area (Å²) in [6.07, 6.45) is -7.40. The molecule has 0 aromatic heterocycles. The van der Waals surface area contributed by atoms with E-state index in [0.29, 0.717) is 12.0 Å². The van der Waals surface area contributed by atoms with Crippen LogP contribution in [0.1, 0.15) is 153 Å². The van der Waals surface area contributed by atoms with Gasteiger partial charge in [0.1, 0.15) is 71.5 Å². The molecule has 2 fully saturated rings. The Morgan fingerprint density at radius 2 is 1.38 bits per heavy atom. The van der Waals surface area contributed by atoms with Crippen LogP contribution in [-0.2, 0) is 71.9 Å². The van der Waals surface area contributed by atoms with E-state index in [9.17, 15) is 83.4 Å². The first-order chi connectivity index (χ1) is 46.0. The SMILES string of the molecule is COc1cccc2c1C(=O)c1c(O)c3c(c(O)c1C2=O)C[C@@](O)(C(=O)CO)C[C@@H]3O[C@H]1C[C@H](NC(=O)[C@H](CC(C)C)NC(=O)[C@H](Cc2ccc(O)cc2)NC(=O)[C@H](CCc2ccccc2)NC(=O)CNC(=O)[C@H](CC(C)C)NC(=O)[C@@H]2CCCN2C(=O)CCC(=O)O)[C@H](O)[C@H](C)O1. The molecule has 2 heterocycles. The minimum atomic E-state index is -2.49. The predicted molar refractivity (Wildman–Crippen MR) is 344 cm³/mol. The van der Waals surface area contributed by atoms with Gasteiger partial charge >= 0.3 is 5.97 Å². The third-order valence-electron chi connectivity index (χ3n) is 17.8. The Balaban J connectivity index is 0.995. The van der Waals surface area contributed by atoms with Crippen molar-refractivity contribution in [3.8, 4) is 23.0 Å². The van der Waals surface area contributed by atoms with Crippen molar-refractivity contribution < 1.29 is 103 Å². The number of carbonyl (C=O) groups is 11. The van der Waals surface area contributed by atoms with E-state index in [0.717, 1.165) is 5.56 Å². The number of fused-ring (bicyclic) bond motifs is 3. The van der Waals surface area contributed by atoms with Crippen LogP contribution in [0.2, 0.25) is 0 Å². The maximum atomic E-state index is 14.8. The van der Waals surface area contributed by atoms with Crippen LogP contribution in [0, 0.1) is 11.8 Å². The summed E-state index contributed by atoms with van der Waals surface area (Å²) < 4.78 is 17.8. The maximum Gasteiger partial charge on any atom is 0.303 e. The number of aryl methyl sites for hydroxylation is 1. The summed E-state index contributed by atoms with van der Waals surface area (Å²) in [6.45, 7) is 7.00. The van der Waals surface area contributed by atoms with Crippen molar-refractivity contribution in [2.45, 2.75) is 178 Å². The molecule has 0 spiro atoms. The fraction of sp³-hybridized carbons (Fsp3) is 0.493. The van der Waals surface area contributed by atoms with E-state index in [1.54, 1.807) is 44.2 Å². The number of Topliss-reactive ketones (excluding diaryl/α,β-unsaturated/α-hetero) is 1. The van der Waals surface area contributed by atoms with Crippen molar-refractivity contribution in [2.75, 3.05) is 26.8 Å². The molecule has 8 rings (SSSR count). The lowest BCUT2D eigenvalue weighted by Gasteiger charge is -2.43. The number of aliphatic hydroxyl groups is 3. The van der Waals surface area contributed by atoms with Gasteiger partial charge in [-0.1, -0.05) is 82.3 Å². The number of hydrogen-bond acceptors (Lipinski definition) is 20. The van der Waals surface area contributed by atoms with Gasteiger partial charge in [-0.2, -0.15) is 0 Å². The van der Waals surface area contributed by atoms with Crippen LogP contribution in [0.5, 0.6) is 23.0 Å². The number of benzene rings is 4. The molecule has 2 aliphatic heterocycles. The number of rotatable bonds is 29.